The van der Waals surface area contributed by atoms with Crippen molar-refractivity contribution in [2.24, 2.45) is 0 Å². The standard InChI is InChI=1S/C8H17NO/c1-6(2)9-7-5-10-8(7,3)4/h6-7,9H,5H2,1-4H3. The van der Waals surface area contributed by atoms with E-state index in [1.54, 1.807) is 0 Å². The smallest absolute Gasteiger partial charge is 0.0802 e. The van der Waals surface area contributed by atoms with Crippen LogP contribution in [0.5, 0.6) is 0 Å². The predicted octanol–water partition coefficient (Wildman–Crippen LogP) is 1.16. The zero-order valence-corrected chi connectivity index (χ0v) is 7.27. The van der Waals surface area contributed by atoms with E-state index in [9.17, 15) is 0 Å². The highest BCUT2D eigenvalue weighted by molar-refractivity contribution is 4.94. The van der Waals surface area contributed by atoms with E-state index in [-0.39, 0.29) is 5.60 Å². The van der Waals surface area contributed by atoms with Crippen LogP contribution >= 0.6 is 0 Å². The predicted molar refractivity (Wildman–Crippen MR) is 42.1 cm³/mol. The second-order valence-corrected chi connectivity index (χ2v) is 3.79. The van der Waals surface area contributed by atoms with Gasteiger partial charge in [0.2, 0.25) is 0 Å². The fraction of sp³-hybridized carbons (Fsp3) is 1.00. The lowest BCUT2D eigenvalue weighted by Crippen LogP contribution is -2.62. The Balaban J connectivity index is 2.30. The van der Waals surface area contributed by atoms with Crippen molar-refractivity contribution in [2.45, 2.75) is 45.4 Å². The maximum atomic E-state index is 5.37. The van der Waals surface area contributed by atoms with Crippen molar-refractivity contribution in [3.8, 4) is 0 Å². The number of hydrogen-bond acceptors (Lipinski definition) is 2. The summed E-state index contributed by atoms with van der Waals surface area (Å²) in [5.74, 6) is 0. The Labute approximate surface area is 63.0 Å². The van der Waals surface area contributed by atoms with Crippen LogP contribution in [0.2, 0.25) is 0 Å². The first-order chi connectivity index (χ1) is 4.52. The van der Waals surface area contributed by atoms with Gasteiger partial charge in [0.05, 0.1) is 18.2 Å². The summed E-state index contributed by atoms with van der Waals surface area (Å²) in [6, 6.07) is 1.11. The van der Waals surface area contributed by atoms with E-state index >= 15 is 0 Å². The molecule has 1 fully saturated rings. The van der Waals surface area contributed by atoms with Crippen LogP contribution in [-0.2, 0) is 4.74 Å². The van der Waals surface area contributed by atoms with E-state index < -0.39 is 0 Å². The number of rotatable bonds is 2. The second-order valence-electron chi connectivity index (χ2n) is 3.79. The van der Waals surface area contributed by atoms with E-state index in [4.69, 9.17) is 4.74 Å². The van der Waals surface area contributed by atoms with E-state index in [1.807, 2.05) is 0 Å². The molecule has 0 amide bonds. The Morgan fingerprint density at radius 3 is 2.20 bits per heavy atom. The number of nitrogens with one attached hydrogen (secondary N) is 1. The molecule has 1 aliphatic heterocycles. The molecule has 0 bridgehead atoms. The molecule has 1 N–H and O–H groups in total. The fourth-order valence-corrected chi connectivity index (χ4v) is 1.15. The van der Waals surface area contributed by atoms with Gasteiger partial charge in [-0.2, -0.15) is 0 Å². The van der Waals surface area contributed by atoms with Gasteiger partial charge < -0.3 is 10.1 Å². The molecular formula is C8H17NO. The van der Waals surface area contributed by atoms with E-state index in [1.165, 1.54) is 0 Å². The molecule has 2 heteroatoms. The molecular weight excluding hydrogens is 126 g/mol. The monoisotopic (exact) mass is 143 g/mol. The normalized spacial score (nSPS) is 30.3. The van der Waals surface area contributed by atoms with Crippen LogP contribution in [0, 0.1) is 0 Å². The minimum absolute atomic E-state index is 0.0598. The average Bonchev–Trinajstić information content (AvgIpc) is 1.81. The van der Waals surface area contributed by atoms with Crippen molar-refractivity contribution in [3.05, 3.63) is 0 Å². The molecule has 60 valence electrons. The van der Waals surface area contributed by atoms with E-state index in [0.717, 1.165) is 6.61 Å². The SMILES string of the molecule is CC(C)NC1COC1(C)C. The Kier molecular flexibility index (Phi) is 2.02. The molecule has 0 saturated carbocycles. The van der Waals surface area contributed by atoms with Gasteiger partial charge in [-0.3, -0.25) is 0 Å². The van der Waals surface area contributed by atoms with Crippen molar-refractivity contribution >= 4 is 0 Å². The van der Waals surface area contributed by atoms with E-state index in [0.29, 0.717) is 12.1 Å². The number of ether oxygens (including phenoxy) is 1. The van der Waals surface area contributed by atoms with Gasteiger partial charge in [-0.25, -0.2) is 0 Å². The second kappa shape index (κ2) is 2.51. The first kappa shape index (κ1) is 8.02. The van der Waals surface area contributed by atoms with Gasteiger partial charge >= 0.3 is 0 Å². The van der Waals surface area contributed by atoms with Crippen LogP contribution in [0.25, 0.3) is 0 Å². The summed E-state index contributed by atoms with van der Waals surface area (Å²) in [4.78, 5) is 0. The summed E-state index contributed by atoms with van der Waals surface area (Å²) in [5.41, 5.74) is 0.0598. The largest absolute Gasteiger partial charge is 0.372 e. The van der Waals surface area contributed by atoms with Crippen molar-refractivity contribution in [1.82, 2.24) is 5.32 Å². The lowest BCUT2D eigenvalue weighted by molar-refractivity contribution is -0.155. The van der Waals surface area contributed by atoms with Crippen molar-refractivity contribution in [2.75, 3.05) is 6.61 Å². The molecule has 1 heterocycles. The Morgan fingerprint density at radius 1 is 1.50 bits per heavy atom. The van der Waals surface area contributed by atoms with Gasteiger partial charge in [0.25, 0.3) is 0 Å². The van der Waals surface area contributed by atoms with Gasteiger partial charge in [0, 0.05) is 6.04 Å². The number of hydrogen-bond donors (Lipinski definition) is 1. The van der Waals surface area contributed by atoms with Gasteiger partial charge in [0.15, 0.2) is 0 Å². The Hall–Kier alpha value is -0.0800. The zero-order valence-electron chi connectivity index (χ0n) is 7.27. The van der Waals surface area contributed by atoms with Crippen LogP contribution in [-0.4, -0.2) is 24.3 Å². The van der Waals surface area contributed by atoms with Gasteiger partial charge in [-0.05, 0) is 13.8 Å². The molecule has 0 spiro atoms. The topological polar surface area (TPSA) is 21.3 Å². The molecule has 1 atom stereocenters. The summed E-state index contributed by atoms with van der Waals surface area (Å²) < 4.78 is 5.37. The molecule has 2 nitrogen and oxygen atoms in total. The maximum Gasteiger partial charge on any atom is 0.0802 e. The molecule has 0 radical (unpaired) electrons. The van der Waals surface area contributed by atoms with Crippen molar-refractivity contribution < 1.29 is 4.74 Å². The lowest BCUT2D eigenvalue weighted by atomic mass is 9.93. The fourth-order valence-electron chi connectivity index (χ4n) is 1.15. The molecule has 1 aliphatic rings. The van der Waals surface area contributed by atoms with Gasteiger partial charge in [0.1, 0.15) is 0 Å². The molecule has 0 aromatic carbocycles. The first-order valence-corrected chi connectivity index (χ1v) is 3.92. The molecule has 1 rings (SSSR count). The third kappa shape index (κ3) is 1.50. The summed E-state index contributed by atoms with van der Waals surface area (Å²) in [7, 11) is 0. The zero-order chi connectivity index (χ0) is 7.78. The lowest BCUT2D eigenvalue weighted by Gasteiger charge is -2.45. The van der Waals surface area contributed by atoms with Crippen LogP contribution in [0.3, 0.4) is 0 Å². The van der Waals surface area contributed by atoms with Crippen LogP contribution < -0.4 is 5.32 Å². The molecule has 0 aromatic heterocycles. The highest BCUT2D eigenvalue weighted by Crippen LogP contribution is 2.25. The summed E-state index contributed by atoms with van der Waals surface area (Å²) >= 11 is 0. The first-order valence-electron chi connectivity index (χ1n) is 3.92. The Bertz CT molecular complexity index is 120. The average molecular weight is 143 g/mol. The molecule has 1 unspecified atom stereocenters. The maximum absolute atomic E-state index is 5.37. The minimum atomic E-state index is 0.0598. The van der Waals surface area contributed by atoms with Gasteiger partial charge in [-0.1, -0.05) is 13.8 Å². The molecule has 0 aromatic rings. The molecule has 1 saturated heterocycles. The minimum Gasteiger partial charge on any atom is -0.372 e. The summed E-state index contributed by atoms with van der Waals surface area (Å²) in [6.07, 6.45) is 0. The van der Waals surface area contributed by atoms with Crippen molar-refractivity contribution in [3.63, 3.8) is 0 Å². The molecule has 0 aliphatic carbocycles. The quantitative estimate of drug-likeness (QED) is 0.626. The van der Waals surface area contributed by atoms with E-state index in [2.05, 4.69) is 33.0 Å². The van der Waals surface area contributed by atoms with Crippen molar-refractivity contribution in [1.29, 1.82) is 0 Å². The Morgan fingerprint density at radius 2 is 2.10 bits per heavy atom. The van der Waals surface area contributed by atoms with Crippen LogP contribution in [0.4, 0.5) is 0 Å². The van der Waals surface area contributed by atoms with Crippen LogP contribution in [0.1, 0.15) is 27.7 Å². The highest BCUT2D eigenvalue weighted by atomic mass is 16.5. The third-order valence-corrected chi connectivity index (χ3v) is 2.00. The third-order valence-electron chi connectivity index (χ3n) is 2.00. The summed E-state index contributed by atoms with van der Waals surface area (Å²) in [6.45, 7) is 9.43. The van der Waals surface area contributed by atoms with Gasteiger partial charge in [-0.15, -0.1) is 0 Å². The summed E-state index contributed by atoms with van der Waals surface area (Å²) in [5, 5.41) is 3.44. The highest BCUT2D eigenvalue weighted by Gasteiger charge is 2.39. The molecule has 10 heavy (non-hydrogen) atoms. The van der Waals surface area contributed by atoms with Crippen LogP contribution in [0.15, 0.2) is 0 Å².